The van der Waals surface area contributed by atoms with Gasteiger partial charge in [0, 0.05) is 39.5 Å². The molecule has 0 heterocycles. The molecule has 0 aromatic heterocycles. The van der Waals surface area contributed by atoms with Crippen molar-refractivity contribution in [3.05, 3.63) is 229 Å². The van der Waals surface area contributed by atoms with Crippen molar-refractivity contribution in [2.75, 3.05) is 9.80 Å². The second-order valence-corrected chi connectivity index (χ2v) is 15.5. The standard InChI is InChI=1S/C55H42N2/c1-55(2)53-35-40(22-21-39-23-28-47(29-24-39)56(45-17-5-3-6-18-45)48-30-26-41-13-9-11-15-43(41)36-48)25-33-51(53)52-34-32-50(38-54(52)55)57(46-19-7-4-8-20-46)49-31-27-42-14-10-12-16-44(42)37-49/h3-38H,1-2H3/b22-21+. The highest BCUT2D eigenvalue weighted by atomic mass is 15.1. The fourth-order valence-corrected chi connectivity index (χ4v) is 8.59. The molecule has 0 unspecified atom stereocenters. The second-order valence-electron chi connectivity index (χ2n) is 15.5. The average molecular weight is 731 g/mol. The molecule has 0 saturated heterocycles. The zero-order valence-electron chi connectivity index (χ0n) is 32.2. The molecule has 0 amide bonds. The minimum Gasteiger partial charge on any atom is -0.310 e. The van der Waals surface area contributed by atoms with Crippen molar-refractivity contribution in [3.8, 4) is 11.1 Å². The zero-order chi connectivity index (χ0) is 38.3. The number of benzene rings is 9. The van der Waals surface area contributed by atoms with E-state index in [0.717, 1.165) is 39.7 Å². The van der Waals surface area contributed by atoms with Crippen LogP contribution in [0.3, 0.4) is 0 Å². The Kier molecular flexibility index (Phi) is 8.53. The first kappa shape index (κ1) is 34.3. The number of fused-ring (bicyclic) bond motifs is 5. The quantitative estimate of drug-likeness (QED) is 0.144. The van der Waals surface area contributed by atoms with Crippen molar-refractivity contribution < 1.29 is 0 Å². The third-order valence-corrected chi connectivity index (χ3v) is 11.6. The maximum absolute atomic E-state index is 2.41. The fraction of sp³-hybridized carbons (Fsp3) is 0.0545. The lowest BCUT2D eigenvalue weighted by atomic mass is 9.81. The van der Waals surface area contributed by atoms with E-state index in [-0.39, 0.29) is 5.41 Å². The Hall–Kier alpha value is -7.16. The Labute approximate surface area is 335 Å². The predicted octanol–water partition coefficient (Wildman–Crippen LogP) is 15.4. The van der Waals surface area contributed by atoms with Gasteiger partial charge < -0.3 is 9.80 Å². The number of para-hydroxylation sites is 2. The van der Waals surface area contributed by atoms with Gasteiger partial charge in [-0.1, -0.05) is 159 Å². The van der Waals surface area contributed by atoms with Crippen LogP contribution in [0.25, 0.3) is 44.8 Å². The molecule has 1 aliphatic carbocycles. The summed E-state index contributed by atoms with van der Waals surface area (Å²) in [5.74, 6) is 0. The minimum absolute atomic E-state index is 0.165. The summed E-state index contributed by atoms with van der Waals surface area (Å²) in [5, 5.41) is 4.95. The van der Waals surface area contributed by atoms with Crippen LogP contribution in [0.1, 0.15) is 36.1 Å². The summed E-state index contributed by atoms with van der Waals surface area (Å²) >= 11 is 0. The number of anilines is 6. The molecule has 272 valence electrons. The van der Waals surface area contributed by atoms with Gasteiger partial charge >= 0.3 is 0 Å². The van der Waals surface area contributed by atoms with Gasteiger partial charge in [0.25, 0.3) is 0 Å². The van der Waals surface area contributed by atoms with E-state index in [1.54, 1.807) is 0 Å². The van der Waals surface area contributed by atoms with Crippen LogP contribution in [-0.2, 0) is 5.41 Å². The van der Waals surface area contributed by atoms with Gasteiger partial charge in [-0.05, 0) is 128 Å². The minimum atomic E-state index is -0.165. The molecule has 57 heavy (non-hydrogen) atoms. The van der Waals surface area contributed by atoms with E-state index in [0.29, 0.717) is 0 Å². The molecule has 0 fully saturated rings. The van der Waals surface area contributed by atoms with Crippen LogP contribution in [0.15, 0.2) is 206 Å². The lowest BCUT2D eigenvalue weighted by Crippen LogP contribution is -2.16. The number of rotatable bonds is 8. The van der Waals surface area contributed by atoms with Gasteiger partial charge in [-0.15, -0.1) is 0 Å². The zero-order valence-corrected chi connectivity index (χ0v) is 32.2. The van der Waals surface area contributed by atoms with Gasteiger partial charge in [-0.2, -0.15) is 0 Å². The van der Waals surface area contributed by atoms with Crippen LogP contribution < -0.4 is 9.80 Å². The predicted molar refractivity (Wildman–Crippen MR) is 244 cm³/mol. The van der Waals surface area contributed by atoms with Gasteiger partial charge in [0.2, 0.25) is 0 Å². The highest BCUT2D eigenvalue weighted by Gasteiger charge is 2.36. The average Bonchev–Trinajstić information content (AvgIpc) is 3.49. The van der Waals surface area contributed by atoms with Gasteiger partial charge in [-0.3, -0.25) is 0 Å². The van der Waals surface area contributed by atoms with E-state index < -0.39 is 0 Å². The number of hydrogen-bond donors (Lipinski definition) is 0. The van der Waals surface area contributed by atoms with Crippen molar-refractivity contribution in [3.63, 3.8) is 0 Å². The first-order valence-electron chi connectivity index (χ1n) is 19.8. The summed E-state index contributed by atoms with van der Waals surface area (Å²) in [5.41, 5.74) is 14.4. The maximum Gasteiger partial charge on any atom is 0.0468 e. The summed E-state index contributed by atoms with van der Waals surface area (Å²) in [7, 11) is 0. The third kappa shape index (κ3) is 6.36. The first-order valence-corrected chi connectivity index (χ1v) is 19.8. The van der Waals surface area contributed by atoms with Gasteiger partial charge in [0.05, 0.1) is 0 Å². The third-order valence-electron chi connectivity index (χ3n) is 11.6. The highest BCUT2D eigenvalue weighted by Crippen LogP contribution is 2.51. The van der Waals surface area contributed by atoms with Gasteiger partial charge in [0.1, 0.15) is 0 Å². The normalized spacial score (nSPS) is 12.8. The van der Waals surface area contributed by atoms with Crippen molar-refractivity contribution >= 4 is 67.8 Å². The maximum atomic E-state index is 2.41. The van der Waals surface area contributed by atoms with Crippen molar-refractivity contribution in [1.29, 1.82) is 0 Å². The molecule has 0 bridgehead atoms. The molecule has 2 nitrogen and oxygen atoms in total. The second kappa shape index (κ2) is 14.2. The van der Waals surface area contributed by atoms with E-state index in [9.17, 15) is 0 Å². The smallest absolute Gasteiger partial charge is 0.0468 e. The Morgan fingerprint density at radius 2 is 0.702 bits per heavy atom. The molecule has 1 aliphatic rings. The molecular formula is C55H42N2. The largest absolute Gasteiger partial charge is 0.310 e. The lowest BCUT2D eigenvalue weighted by Gasteiger charge is -2.28. The molecular weight excluding hydrogens is 689 g/mol. The van der Waals surface area contributed by atoms with Crippen molar-refractivity contribution in [1.82, 2.24) is 0 Å². The molecule has 0 atom stereocenters. The molecule has 0 spiro atoms. The molecule has 0 N–H and O–H groups in total. The fourth-order valence-electron chi connectivity index (χ4n) is 8.59. The Morgan fingerprint density at radius 1 is 0.316 bits per heavy atom. The molecule has 9 aromatic rings. The SMILES string of the molecule is CC1(C)c2cc(/C=C/c3ccc(N(c4ccccc4)c4ccc5ccccc5c4)cc3)ccc2-c2ccc(N(c3ccccc3)c3ccc4ccccc4c3)cc21. The van der Waals surface area contributed by atoms with Gasteiger partial charge in [-0.25, -0.2) is 0 Å². The molecule has 0 radical (unpaired) electrons. The van der Waals surface area contributed by atoms with E-state index in [1.807, 2.05) is 0 Å². The number of nitrogens with zero attached hydrogens (tertiary/aromatic N) is 2. The Bertz CT molecular complexity index is 2920. The molecule has 0 aliphatic heterocycles. The molecule has 10 rings (SSSR count). The Morgan fingerprint density at radius 3 is 1.28 bits per heavy atom. The van der Waals surface area contributed by atoms with Crippen LogP contribution in [0, 0.1) is 0 Å². The van der Waals surface area contributed by atoms with Crippen LogP contribution in [0.5, 0.6) is 0 Å². The highest BCUT2D eigenvalue weighted by molar-refractivity contribution is 5.92. The van der Waals surface area contributed by atoms with E-state index in [4.69, 9.17) is 0 Å². The summed E-state index contributed by atoms with van der Waals surface area (Å²) in [6, 6.07) is 74.7. The van der Waals surface area contributed by atoms with Crippen LogP contribution in [-0.4, -0.2) is 0 Å². The lowest BCUT2D eigenvalue weighted by molar-refractivity contribution is 0.660. The van der Waals surface area contributed by atoms with Crippen molar-refractivity contribution in [2.24, 2.45) is 0 Å². The summed E-state index contributed by atoms with van der Waals surface area (Å²) in [4.78, 5) is 4.71. The van der Waals surface area contributed by atoms with Crippen LogP contribution in [0.4, 0.5) is 34.1 Å². The van der Waals surface area contributed by atoms with Crippen LogP contribution >= 0.6 is 0 Å². The number of hydrogen-bond acceptors (Lipinski definition) is 2. The summed E-state index contributed by atoms with van der Waals surface area (Å²) < 4.78 is 0. The molecule has 0 saturated carbocycles. The van der Waals surface area contributed by atoms with Crippen LogP contribution in [0.2, 0.25) is 0 Å². The van der Waals surface area contributed by atoms with E-state index in [1.165, 1.54) is 49.4 Å². The molecule has 9 aromatic carbocycles. The topological polar surface area (TPSA) is 6.48 Å². The van der Waals surface area contributed by atoms with E-state index in [2.05, 4.69) is 242 Å². The van der Waals surface area contributed by atoms with Gasteiger partial charge in [0.15, 0.2) is 0 Å². The first-order chi connectivity index (χ1) is 28.0. The van der Waals surface area contributed by atoms with Crippen molar-refractivity contribution in [2.45, 2.75) is 19.3 Å². The Balaban J connectivity index is 0.942. The monoisotopic (exact) mass is 730 g/mol. The summed E-state index contributed by atoms with van der Waals surface area (Å²) in [6.07, 6.45) is 4.47. The van der Waals surface area contributed by atoms with E-state index >= 15 is 0 Å². The summed E-state index contributed by atoms with van der Waals surface area (Å²) in [6.45, 7) is 4.73. The molecule has 2 heteroatoms.